The van der Waals surface area contributed by atoms with E-state index in [1.165, 1.54) is 0 Å². The Balaban J connectivity index is 2.12. The number of aromatic nitrogens is 1. The maximum atomic E-state index is 13.0. The first kappa shape index (κ1) is 13.0. The van der Waals surface area contributed by atoms with Crippen molar-refractivity contribution in [2.75, 3.05) is 5.32 Å². The SMILES string of the molecule is Cc1ccccc1NC(=O)Cn1cc(F)ccc1=O. The molecule has 0 aliphatic carbocycles. The predicted octanol–water partition coefficient (Wildman–Crippen LogP) is 1.93. The molecule has 0 aliphatic rings. The molecule has 1 N–H and O–H groups in total. The van der Waals surface area contributed by atoms with E-state index in [2.05, 4.69) is 5.32 Å². The Morgan fingerprint density at radius 1 is 1.26 bits per heavy atom. The quantitative estimate of drug-likeness (QED) is 0.916. The van der Waals surface area contributed by atoms with E-state index < -0.39 is 11.4 Å². The number of para-hydroxylation sites is 1. The molecule has 2 aromatic rings. The number of aryl methyl sites for hydroxylation is 1. The lowest BCUT2D eigenvalue weighted by atomic mass is 10.2. The Kier molecular flexibility index (Phi) is 3.75. The van der Waals surface area contributed by atoms with E-state index in [1.54, 1.807) is 12.1 Å². The van der Waals surface area contributed by atoms with Gasteiger partial charge in [0.1, 0.15) is 12.4 Å². The van der Waals surface area contributed by atoms with Crippen LogP contribution in [-0.4, -0.2) is 10.5 Å². The topological polar surface area (TPSA) is 51.1 Å². The molecule has 98 valence electrons. The van der Waals surface area contributed by atoms with Crippen LogP contribution in [0.4, 0.5) is 10.1 Å². The number of nitrogens with one attached hydrogen (secondary N) is 1. The van der Waals surface area contributed by atoms with Crippen LogP contribution in [0.25, 0.3) is 0 Å². The molecule has 0 saturated heterocycles. The summed E-state index contributed by atoms with van der Waals surface area (Å²) in [6.45, 7) is 1.65. The van der Waals surface area contributed by atoms with Gasteiger partial charge in [0.2, 0.25) is 5.91 Å². The number of amides is 1. The van der Waals surface area contributed by atoms with Gasteiger partial charge in [-0.2, -0.15) is 0 Å². The number of hydrogen-bond acceptors (Lipinski definition) is 2. The van der Waals surface area contributed by atoms with Gasteiger partial charge in [-0.15, -0.1) is 0 Å². The minimum atomic E-state index is -0.553. The number of nitrogens with zero attached hydrogens (tertiary/aromatic N) is 1. The molecule has 0 atom stereocenters. The minimum Gasteiger partial charge on any atom is -0.324 e. The Morgan fingerprint density at radius 2 is 2.00 bits per heavy atom. The fourth-order valence-corrected chi connectivity index (χ4v) is 1.68. The number of carbonyl (C=O) groups excluding carboxylic acids is 1. The molecule has 1 heterocycles. The van der Waals surface area contributed by atoms with Crippen molar-refractivity contribution in [2.24, 2.45) is 0 Å². The molecule has 0 spiro atoms. The van der Waals surface area contributed by atoms with E-state index in [4.69, 9.17) is 0 Å². The van der Waals surface area contributed by atoms with E-state index in [1.807, 2.05) is 19.1 Å². The van der Waals surface area contributed by atoms with Crippen LogP contribution in [0.15, 0.2) is 47.4 Å². The third-order valence-electron chi connectivity index (χ3n) is 2.68. The molecule has 1 aromatic heterocycles. The lowest BCUT2D eigenvalue weighted by molar-refractivity contribution is -0.116. The van der Waals surface area contributed by atoms with Gasteiger partial charge in [-0.3, -0.25) is 9.59 Å². The third-order valence-corrected chi connectivity index (χ3v) is 2.68. The highest BCUT2D eigenvalue weighted by Gasteiger charge is 2.07. The molecule has 2 rings (SSSR count). The number of carbonyl (C=O) groups is 1. The van der Waals surface area contributed by atoms with Gasteiger partial charge in [-0.1, -0.05) is 18.2 Å². The number of benzene rings is 1. The summed E-state index contributed by atoms with van der Waals surface area (Å²) in [5, 5.41) is 2.68. The molecule has 19 heavy (non-hydrogen) atoms. The Labute approximate surface area is 109 Å². The molecule has 0 aliphatic heterocycles. The van der Waals surface area contributed by atoms with Gasteiger partial charge in [0.25, 0.3) is 5.56 Å². The summed E-state index contributed by atoms with van der Waals surface area (Å²) in [7, 11) is 0. The largest absolute Gasteiger partial charge is 0.324 e. The second-order valence-corrected chi connectivity index (χ2v) is 4.18. The zero-order valence-electron chi connectivity index (χ0n) is 10.4. The molecule has 1 aromatic carbocycles. The lowest BCUT2D eigenvalue weighted by Gasteiger charge is -2.09. The van der Waals surface area contributed by atoms with Crippen LogP contribution in [0.3, 0.4) is 0 Å². The Hall–Kier alpha value is -2.43. The normalized spacial score (nSPS) is 10.2. The zero-order chi connectivity index (χ0) is 13.8. The van der Waals surface area contributed by atoms with Crippen molar-refractivity contribution >= 4 is 11.6 Å². The number of rotatable bonds is 3. The maximum absolute atomic E-state index is 13.0. The van der Waals surface area contributed by atoms with E-state index >= 15 is 0 Å². The molecule has 1 amide bonds. The summed E-state index contributed by atoms with van der Waals surface area (Å²) >= 11 is 0. The highest BCUT2D eigenvalue weighted by atomic mass is 19.1. The van der Waals surface area contributed by atoms with Crippen molar-refractivity contribution in [3.63, 3.8) is 0 Å². The monoisotopic (exact) mass is 260 g/mol. The van der Waals surface area contributed by atoms with Crippen LogP contribution < -0.4 is 10.9 Å². The van der Waals surface area contributed by atoms with E-state index in [9.17, 15) is 14.0 Å². The molecule has 0 radical (unpaired) electrons. The van der Waals surface area contributed by atoms with Gasteiger partial charge in [-0.25, -0.2) is 4.39 Å². The first-order valence-electron chi connectivity index (χ1n) is 5.78. The summed E-state index contributed by atoms with van der Waals surface area (Å²) in [5.74, 6) is -0.926. The van der Waals surface area contributed by atoms with Crippen LogP contribution in [0, 0.1) is 12.7 Å². The second-order valence-electron chi connectivity index (χ2n) is 4.18. The van der Waals surface area contributed by atoms with Crippen LogP contribution in [-0.2, 0) is 11.3 Å². The van der Waals surface area contributed by atoms with Crippen molar-refractivity contribution in [1.82, 2.24) is 4.57 Å². The number of pyridine rings is 1. The van der Waals surface area contributed by atoms with Crippen LogP contribution >= 0.6 is 0 Å². The number of halogens is 1. The fourth-order valence-electron chi connectivity index (χ4n) is 1.68. The Morgan fingerprint density at radius 3 is 2.74 bits per heavy atom. The summed E-state index contributed by atoms with van der Waals surface area (Å²) in [6, 6.07) is 9.46. The van der Waals surface area contributed by atoms with Gasteiger partial charge >= 0.3 is 0 Å². The van der Waals surface area contributed by atoms with Crippen LogP contribution in [0.1, 0.15) is 5.56 Å². The van der Waals surface area contributed by atoms with E-state index in [0.29, 0.717) is 5.69 Å². The van der Waals surface area contributed by atoms with Crippen molar-refractivity contribution in [3.8, 4) is 0 Å². The first-order chi connectivity index (χ1) is 9.06. The van der Waals surface area contributed by atoms with Crippen molar-refractivity contribution in [1.29, 1.82) is 0 Å². The van der Waals surface area contributed by atoms with Gasteiger partial charge < -0.3 is 9.88 Å². The van der Waals surface area contributed by atoms with Crippen molar-refractivity contribution < 1.29 is 9.18 Å². The molecule has 5 heteroatoms. The standard InChI is InChI=1S/C14H13FN2O2/c1-10-4-2-3-5-12(10)16-13(18)9-17-8-11(15)6-7-14(17)19/h2-8H,9H2,1H3,(H,16,18). The second kappa shape index (κ2) is 5.48. The van der Waals surface area contributed by atoms with Crippen LogP contribution in [0.2, 0.25) is 0 Å². The highest BCUT2D eigenvalue weighted by Crippen LogP contribution is 2.12. The number of anilines is 1. The highest BCUT2D eigenvalue weighted by molar-refractivity contribution is 5.91. The average Bonchev–Trinajstić information content (AvgIpc) is 2.37. The fraction of sp³-hybridized carbons (Fsp3) is 0.143. The van der Waals surface area contributed by atoms with E-state index in [0.717, 1.165) is 28.5 Å². The molecule has 4 nitrogen and oxygen atoms in total. The van der Waals surface area contributed by atoms with Crippen molar-refractivity contribution in [2.45, 2.75) is 13.5 Å². The summed E-state index contributed by atoms with van der Waals surface area (Å²) in [6.07, 6.45) is 1.01. The molecule has 0 bridgehead atoms. The predicted molar refractivity (Wildman–Crippen MR) is 70.5 cm³/mol. The summed E-state index contributed by atoms with van der Waals surface area (Å²) < 4.78 is 14.0. The van der Waals surface area contributed by atoms with Gasteiger partial charge in [0, 0.05) is 18.0 Å². The smallest absolute Gasteiger partial charge is 0.251 e. The molecule has 0 saturated carbocycles. The zero-order valence-corrected chi connectivity index (χ0v) is 10.4. The lowest BCUT2D eigenvalue weighted by Crippen LogP contribution is -2.27. The molecular weight excluding hydrogens is 247 g/mol. The van der Waals surface area contributed by atoms with Gasteiger partial charge in [0.15, 0.2) is 0 Å². The summed E-state index contributed by atoms with van der Waals surface area (Å²) in [5.41, 5.74) is 1.18. The molecule has 0 unspecified atom stereocenters. The Bertz CT molecular complexity index is 664. The first-order valence-corrected chi connectivity index (χ1v) is 5.78. The minimum absolute atomic E-state index is 0.217. The van der Waals surface area contributed by atoms with Gasteiger partial charge in [0.05, 0.1) is 0 Å². The van der Waals surface area contributed by atoms with Crippen LogP contribution in [0.5, 0.6) is 0 Å². The third kappa shape index (κ3) is 3.28. The maximum Gasteiger partial charge on any atom is 0.251 e. The summed E-state index contributed by atoms with van der Waals surface area (Å²) in [4.78, 5) is 23.2. The van der Waals surface area contributed by atoms with Crippen molar-refractivity contribution in [3.05, 3.63) is 64.3 Å². The van der Waals surface area contributed by atoms with E-state index in [-0.39, 0.29) is 12.5 Å². The molecular formula is C14H13FN2O2. The number of hydrogen-bond donors (Lipinski definition) is 1. The molecule has 0 fully saturated rings. The average molecular weight is 260 g/mol. The van der Waals surface area contributed by atoms with Gasteiger partial charge in [-0.05, 0) is 24.6 Å².